The van der Waals surface area contributed by atoms with Crippen molar-refractivity contribution in [2.75, 3.05) is 18.5 Å². The van der Waals surface area contributed by atoms with Gasteiger partial charge in [0.05, 0.1) is 33.2 Å². The lowest BCUT2D eigenvalue weighted by Gasteiger charge is -2.26. The normalized spacial score (nSPS) is 13.0. The van der Waals surface area contributed by atoms with Gasteiger partial charge in [0.2, 0.25) is 0 Å². The molecule has 2 amide bonds. The first-order chi connectivity index (χ1) is 18.4. The van der Waals surface area contributed by atoms with Gasteiger partial charge in [-0.15, -0.1) is 34.0 Å². The second-order valence-corrected chi connectivity index (χ2v) is 11.8. The summed E-state index contributed by atoms with van der Waals surface area (Å²) in [5, 5.41) is 16.4. The first kappa shape index (κ1) is 24.5. The Bertz CT molecular complexity index is 1700. The predicted octanol–water partition coefficient (Wildman–Crippen LogP) is 6.91. The molecule has 0 fully saturated rings. The van der Waals surface area contributed by atoms with Crippen LogP contribution in [0.1, 0.15) is 27.0 Å². The lowest BCUT2D eigenvalue weighted by molar-refractivity contribution is -0.384. The summed E-state index contributed by atoms with van der Waals surface area (Å²) in [5.74, 6) is -0.294. The van der Waals surface area contributed by atoms with Crippen molar-refractivity contribution in [3.63, 3.8) is 0 Å². The second kappa shape index (κ2) is 9.78. The number of benzene rings is 2. The molecule has 192 valence electrons. The number of carbonyl (C=O) groups is 2. The van der Waals surface area contributed by atoms with Crippen LogP contribution in [-0.4, -0.2) is 40.0 Å². The predicted molar refractivity (Wildman–Crippen MR) is 151 cm³/mol. The third-order valence-corrected chi connectivity index (χ3v) is 9.55. The second-order valence-electron chi connectivity index (χ2n) is 8.61. The van der Waals surface area contributed by atoms with Crippen LogP contribution in [0.3, 0.4) is 0 Å². The Morgan fingerprint density at radius 1 is 1.13 bits per heavy atom. The van der Waals surface area contributed by atoms with Gasteiger partial charge in [-0.05, 0) is 43.2 Å². The number of para-hydroxylation sites is 1. The molecule has 1 N–H and O–H groups in total. The van der Waals surface area contributed by atoms with Gasteiger partial charge >= 0.3 is 6.09 Å². The Hall–Kier alpha value is -3.87. The van der Waals surface area contributed by atoms with Crippen molar-refractivity contribution in [1.82, 2.24) is 9.88 Å². The number of carbonyl (C=O) groups excluding carboxylic acids is 2. The zero-order valence-corrected chi connectivity index (χ0v) is 22.5. The number of hydrogen-bond donors (Lipinski definition) is 1. The molecule has 0 saturated heterocycles. The SMILES string of the molecule is CCOC(=O)N1CCc2c(sc(NC(=O)c3cc4cc([N+](=O)[O-])ccc4s3)c2-c2nc3ccccc3s2)C1. The van der Waals surface area contributed by atoms with E-state index in [9.17, 15) is 19.7 Å². The van der Waals surface area contributed by atoms with Gasteiger partial charge in [0.1, 0.15) is 10.0 Å². The quantitative estimate of drug-likeness (QED) is 0.183. The van der Waals surface area contributed by atoms with E-state index in [1.807, 2.05) is 24.3 Å². The zero-order chi connectivity index (χ0) is 26.4. The van der Waals surface area contributed by atoms with Crippen molar-refractivity contribution < 1.29 is 19.2 Å². The Balaban J connectivity index is 1.38. The van der Waals surface area contributed by atoms with Crippen LogP contribution in [0, 0.1) is 10.1 Å². The Labute approximate surface area is 228 Å². The molecule has 9 nitrogen and oxygen atoms in total. The highest BCUT2D eigenvalue weighted by Gasteiger charge is 2.30. The third kappa shape index (κ3) is 4.40. The van der Waals surface area contributed by atoms with E-state index in [4.69, 9.17) is 9.72 Å². The average Bonchev–Trinajstić information content (AvgIpc) is 3.61. The van der Waals surface area contributed by atoms with Crippen LogP contribution in [0.15, 0.2) is 48.5 Å². The summed E-state index contributed by atoms with van der Waals surface area (Å²) in [6.45, 7) is 3.01. The molecule has 0 atom stereocenters. The van der Waals surface area contributed by atoms with Crippen LogP contribution in [0.2, 0.25) is 0 Å². The van der Waals surface area contributed by atoms with Gasteiger partial charge in [0, 0.05) is 39.2 Å². The number of aromatic nitrogens is 1. The van der Waals surface area contributed by atoms with Gasteiger partial charge in [-0.3, -0.25) is 14.9 Å². The summed E-state index contributed by atoms with van der Waals surface area (Å²) in [6.07, 6.45) is 0.274. The molecule has 1 aliphatic heterocycles. The van der Waals surface area contributed by atoms with E-state index in [0.29, 0.717) is 41.4 Å². The van der Waals surface area contributed by atoms with Crippen LogP contribution in [0.5, 0.6) is 0 Å². The third-order valence-electron chi connectivity index (χ3n) is 6.25. The molecule has 2 aromatic carbocycles. The lowest BCUT2D eigenvalue weighted by Crippen LogP contribution is -2.35. The number of rotatable bonds is 5. The van der Waals surface area contributed by atoms with E-state index in [-0.39, 0.29) is 17.7 Å². The van der Waals surface area contributed by atoms with E-state index >= 15 is 0 Å². The Kier molecular flexibility index (Phi) is 6.30. The van der Waals surface area contributed by atoms with E-state index < -0.39 is 4.92 Å². The van der Waals surface area contributed by atoms with Crippen molar-refractivity contribution in [1.29, 1.82) is 0 Å². The number of non-ortho nitro benzene ring substituents is 1. The fourth-order valence-corrected chi connectivity index (χ4v) is 7.80. The lowest BCUT2D eigenvalue weighted by atomic mass is 10.0. The molecule has 4 heterocycles. The van der Waals surface area contributed by atoms with Crippen molar-refractivity contribution in [2.24, 2.45) is 0 Å². The molecule has 0 spiro atoms. The van der Waals surface area contributed by atoms with E-state index in [2.05, 4.69) is 5.32 Å². The number of nitrogens with one attached hydrogen (secondary N) is 1. The molecule has 3 aromatic heterocycles. The highest BCUT2D eigenvalue weighted by molar-refractivity contribution is 7.23. The number of nitro benzene ring substituents is 1. The van der Waals surface area contributed by atoms with Crippen molar-refractivity contribution in [2.45, 2.75) is 19.9 Å². The number of hydrogen-bond acceptors (Lipinski definition) is 9. The van der Waals surface area contributed by atoms with E-state index in [1.54, 1.807) is 35.3 Å². The average molecular weight is 565 g/mol. The number of nitrogens with zero attached hydrogens (tertiary/aromatic N) is 3. The summed E-state index contributed by atoms with van der Waals surface area (Å²) in [7, 11) is 0. The van der Waals surface area contributed by atoms with Crippen molar-refractivity contribution in [3.05, 3.63) is 74.0 Å². The highest BCUT2D eigenvalue weighted by atomic mass is 32.1. The first-order valence-electron chi connectivity index (χ1n) is 11.8. The first-order valence-corrected chi connectivity index (χ1v) is 14.3. The topological polar surface area (TPSA) is 115 Å². The molecule has 0 bridgehead atoms. The summed E-state index contributed by atoms with van der Waals surface area (Å²) in [4.78, 5) is 44.5. The van der Waals surface area contributed by atoms with Crippen LogP contribution in [-0.2, 0) is 17.7 Å². The fourth-order valence-electron chi connectivity index (χ4n) is 4.49. The van der Waals surface area contributed by atoms with Crippen LogP contribution in [0.4, 0.5) is 15.5 Å². The number of nitro groups is 1. The maximum Gasteiger partial charge on any atom is 0.410 e. The standard InChI is InChI=1S/C26H20N4O5S3/c1-2-35-26(32)29-10-9-16-21(13-29)38-25(22(16)24-27-17-5-3-4-6-19(17)37-24)28-23(31)20-12-14-11-15(30(33)34)7-8-18(14)36-20/h3-8,11-12H,2,9-10,13H2,1H3,(H,28,31). The molecular weight excluding hydrogens is 545 g/mol. The van der Waals surface area contributed by atoms with Gasteiger partial charge < -0.3 is 15.0 Å². The van der Waals surface area contributed by atoms with Gasteiger partial charge in [-0.25, -0.2) is 9.78 Å². The van der Waals surface area contributed by atoms with Gasteiger partial charge in [0.25, 0.3) is 11.6 Å². The van der Waals surface area contributed by atoms with Crippen molar-refractivity contribution >= 4 is 77.0 Å². The zero-order valence-electron chi connectivity index (χ0n) is 20.1. The number of thiophene rings is 2. The molecule has 6 rings (SSSR count). The van der Waals surface area contributed by atoms with Gasteiger partial charge in [0.15, 0.2) is 0 Å². The molecule has 0 radical (unpaired) electrons. The molecule has 1 aliphatic rings. The molecule has 38 heavy (non-hydrogen) atoms. The molecule has 0 unspecified atom stereocenters. The molecule has 0 saturated carbocycles. The molecule has 12 heteroatoms. The minimum absolute atomic E-state index is 0.0162. The summed E-state index contributed by atoms with van der Waals surface area (Å²) in [6, 6.07) is 14.2. The minimum Gasteiger partial charge on any atom is -0.450 e. The fraction of sp³-hybridized carbons (Fsp3) is 0.192. The highest BCUT2D eigenvalue weighted by Crippen LogP contribution is 2.46. The molecule has 0 aliphatic carbocycles. The Morgan fingerprint density at radius 3 is 2.76 bits per heavy atom. The Morgan fingerprint density at radius 2 is 1.97 bits per heavy atom. The van der Waals surface area contributed by atoms with Crippen molar-refractivity contribution in [3.8, 4) is 10.6 Å². The smallest absolute Gasteiger partial charge is 0.410 e. The van der Waals surface area contributed by atoms with Crippen LogP contribution in [0.25, 0.3) is 30.9 Å². The summed E-state index contributed by atoms with van der Waals surface area (Å²) in [5.41, 5.74) is 2.84. The maximum atomic E-state index is 13.4. The summed E-state index contributed by atoms with van der Waals surface area (Å²) < 4.78 is 7.05. The number of amides is 2. The van der Waals surface area contributed by atoms with Gasteiger partial charge in [-0.1, -0.05) is 12.1 Å². The van der Waals surface area contributed by atoms with Crippen LogP contribution < -0.4 is 5.32 Å². The molecule has 5 aromatic rings. The largest absolute Gasteiger partial charge is 0.450 e. The maximum absolute atomic E-state index is 13.4. The number of fused-ring (bicyclic) bond motifs is 3. The minimum atomic E-state index is -0.448. The number of ether oxygens (including phenoxy) is 1. The summed E-state index contributed by atoms with van der Waals surface area (Å²) >= 11 is 4.29. The van der Waals surface area contributed by atoms with E-state index in [1.165, 1.54) is 34.8 Å². The van der Waals surface area contributed by atoms with Gasteiger partial charge in [-0.2, -0.15) is 0 Å². The number of thiazole rings is 1. The molecular formula is C26H20N4O5S3. The van der Waals surface area contributed by atoms with E-state index in [0.717, 1.165) is 35.9 Å². The number of anilines is 1. The van der Waals surface area contributed by atoms with Crippen LogP contribution >= 0.6 is 34.0 Å². The monoisotopic (exact) mass is 564 g/mol.